The third kappa shape index (κ3) is 4.05. The van der Waals surface area contributed by atoms with E-state index in [4.69, 9.17) is 9.98 Å². The molecule has 0 aliphatic carbocycles. The molecule has 0 fully saturated rings. The highest BCUT2D eigenvalue weighted by molar-refractivity contribution is 7.25. The predicted octanol–water partition coefficient (Wildman–Crippen LogP) is 8.17. The van der Waals surface area contributed by atoms with Crippen molar-refractivity contribution >= 4 is 55.3 Å². The highest BCUT2D eigenvalue weighted by Crippen LogP contribution is 2.41. The van der Waals surface area contributed by atoms with Gasteiger partial charge in [0.05, 0.1) is 11.4 Å². The van der Waals surface area contributed by atoms with E-state index in [1.54, 1.807) is 0 Å². The molecule has 31 heavy (non-hydrogen) atoms. The largest absolute Gasteiger partial charge is 0.254 e. The van der Waals surface area contributed by atoms with Crippen LogP contribution in [0.15, 0.2) is 94.9 Å². The Balaban J connectivity index is 1.67. The minimum Gasteiger partial charge on any atom is -0.254 e. The summed E-state index contributed by atoms with van der Waals surface area (Å²) in [6.45, 7) is 4.34. The fraction of sp³-hybridized carbons (Fsp3) is 0.0714. The molecule has 0 saturated carbocycles. The fourth-order valence-corrected chi connectivity index (χ4v) is 4.83. The van der Waals surface area contributed by atoms with E-state index in [2.05, 4.69) is 62.4 Å². The Kier molecular flexibility index (Phi) is 5.19. The van der Waals surface area contributed by atoms with Crippen molar-refractivity contribution in [1.29, 1.82) is 0 Å². The summed E-state index contributed by atoms with van der Waals surface area (Å²) in [5.74, 6) is 0. The van der Waals surface area contributed by atoms with Crippen LogP contribution in [0.25, 0.3) is 20.2 Å². The summed E-state index contributed by atoms with van der Waals surface area (Å²) in [5.41, 5.74) is 6.53. The number of hydrogen-bond donors (Lipinski definition) is 0. The molecule has 0 amide bonds. The second-order valence-electron chi connectivity index (χ2n) is 7.71. The quantitative estimate of drug-likeness (QED) is 0.263. The third-order valence-corrected chi connectivity index (χ3v) is 6.60. The lowest BCUT2D eigenvalue weighted by molar-refractivity contribution is 1.37. The van der Waals surface area contributed by atoms with Crippen molar-refractivity contribution in [3.8, 4) is 0 Å². The molecule has 0 aliphatic heterocycles. The van der Waals surface area contributed by atoms with Crippen LogP contribution >= 0.6 is 11.3 Å². The Bertz CT molecular complexity index is 1430. The fourth-order valence-electron chi connectivity index (χ4n) is 3.63. The predicted molar refractivity (Wildman–Crippen MR) is 136 cm³/mol. The van der Waals surface area contributed by atoms with Crippen LogP contribution in [0.1, 0.15) is 22.3 Å². The van der Waals surface area contributed by atoms with Crippen molar-refractivity contribution in [2.24, 2.45) is 9.98 Å². The lowest BCUT2D eigenvalue weighted by Gasteiger charge is -2.03. The molecule has 5 rings (SSSR count). The van der Waals surface area contributed by atoms with Gasteiger partial charge in [0.15, 0.2) is 0 Å². The highest BCUT2D eigenvalue weighted by Gasteiger charge is 2.11. The second-order valence-corrected chi connectivity index (χ2v) is 8.79. The molecule has 0 bridgehead atoms. The highest BCUT2D eigenvalue weighted by atomic mass is 32.1. The van der Waals surface area contributed by atoms with Crippen molar-refractivity contribution in [1.82, 2.24) is 0 Å². The van der Waals surface area contributed by atoms with Gasteiger partial charge in [-0.3, -0.25) is 9.98 Å². The minimum atomic E-state index is 0.876. The molecule has 4 aromatic carbocycles. The Hall–Kier alpha value is -3.56. The van der Waals surface area contributed by atoms with Gasteiger partial charge in [0.2, 0.25) is 0 Å². The lowest BCUT2D eigenvalue weighted by Crippen LogP contribution is -1.81. The van der Waals surface area contributed by atoms with E-state index in [0.717, 1.165) is 22.5 Å². The van der Waals surface area contributed by atoms with Gasteiger partial charge in [-0.15, -0.1) is 11.3 Å². The van der Waals surface area contributed by atoms with Crippen LogP contribution in [0, 0.1) is 13.8 Å². The van der Waals surface area contributed by atoms with Crippen molar-refractivity contribution < 1.29 is 0 Å². The zero-order chi connectivity index (χ0) is 21.2. The molecule has 150 valence electrons. The SMILES string of the molecule is Cc1cc2sc3cc(/N=C/c4ccccc4)c(/N=C/c4ccccc4)cc3c2cc1C. The van der Waals surface area contributed by atoms with E-state index < -0.39 is 0 Å². The smallest absolute Gasteiger partial charge is 0.0900 e. The molecular weight excluding hydrogens is 396 g/mol. The number of rotatable bonds is 4. The van der Waals surface area contributed by atoms with Crippen molar-refractivity contribution in [3.63, 3.8) is 0 Å². The second kappa shape index (κ2) is 8.29. The Morgan fingerprint density at radius 2 is 1.06 bits per heavy atom. The van der Waals surface area contributed by atoms with E-state index in [-0.39, 0.29) is 0 Å². The van der Waals surface area contributed by atoms with E-state index in [0.29, 0.717) is 0 Å². The van der Waals surface area contributed by atoms with E-state index >= 15 is 0 Å². The van der Waals surface area contributed by atoms with Crippen LogP contribution in [0.2, 0.25) is 0 Å². The lowest BCUT2D eigenvalue weighted by atomic mass is 10.0. The summed E-state index contributed by atoms with van der Waals surface area (Å²) >= 11 is 1.82. The monoisotopic (exact) mass is 418 g/mol. The summed E-state index contributed by atoms with van der Waals surface area (Å²) in [5, 5.41) is 2.53. The Morgan fingerprint density at radius 1 is 0.581 bits per heavy atom. The van der Waals surface area contributed by atoms with Gasteiger partial charge in [-0.25, -0.2) is 0 Å². The van der Waals surface area contributed by atoms with Crippen LogP contribution in [-0.4, -0.2) is 12.4 Å². The first-order valence-electron chi connectivity index (χ1n) is 10.3. The molecule has 0 aliphatic rings. The number of fused-ring (bicyclic) bond motifs is 3. The van der Waals surface area contributed by atoms with Crippen LogP contribution in [-0.2, 0) is 0 Å². The number of aliphatic imine (C=N–C) groups is 2. The molecule has 5 aromatic rings. The molecule has 2 nitrogen and oxygen atoms in total. The maximum Gasteiger partial charge on any atom is 0.0900 e. The minimum absolute atomic E-state index is 0.876. The summed E-state index contributed by atoms with van der Waals surface area (Å²) in [6, 6.07) is 29.3. The van der Waals surface area contributed by atoms with Gasteiger partial charge < -0.3 is 0 Å². The molecule has 0 saturated heterocycles. The number of benzene rings is 4. The molecular formula is C28H22N2S. The first-order valence-corrected chi connectivity index (χ1v) is 11.1. The van der Waals surface area contributed by atoms with Crippen molar-refractivity contribution in [2.45, 2.75) is 13.8 Å². The van der Waals surface area contributed by atoms with Crippen LogP contribution in [0.4, 0.5) is 11.4 Å². The van der Waals surface area contributed by atoms with Crippen molar-refractivity contribution in [3.05, 3.63) is 107 Å². The number of aryl methyl sites for hydroxylation is 2. The van der Waals surface area contributed by atoms with Gasteiger partial charge in [-0.1, -0.05) is 60.7 Å². The third-order valence-electron chi connectivity index (χ3n) is 5.49. The molecule has 0 spiro atoms. The van der Waals surface area contributed by atoms with Crippen LogP contribution < -0.4 is 0 Å². The standard InChI is InChI=1S/C28H22N2S/c1-19-13-23-24-15-25(29-17-21-9-5-3-6-10-21)26(30-18-22-11-7-4-8-12-22)16-28(24)31-27(23)14-20(19)2/h3-18H,1-2H3/b29-17+,30-18+. The van der Waals surface area contributed by atoms with E-state index in [9.17, 15) is 0 Å². The topological polar surface area (TPSA) is 24.7 Å². The zero-order valence-electron chi connectivity index (χ0n) is 17.5. The molecule has 3 heteroatoms. The van der Waals surface area contributed by atoms with Crippen LogP contribution in [0.5, 0.6) is 0 Å². The molecule has 1 heterocycles. The van der Waals surface area contributed by atoms with Gasteiger partial charge >= 0.3 is 0 Å². The normalized spacial score (nSPS) is 11.9. The van der Waals surface area contributed by atoms with Gasteiger partial charge in [-0.05, 0) is 60.4 Å². The van der Waals surface area contributed by atoms with Gasteiger partial charge in [0, 0.05) is 32.6 Å². The molecule has 0 atom stereocenters. The van der Waals surface area contributed by atoms with E-state index in [1.807, 2.05) is 60.2 Å². The summed E-state index contributed by atoms with van der Waals surface area (Å²) in [4.78, 5) is 9.64. The number of hydrogen-bond acceptors (Lipinski definition) is 3. The molecule has 0 unspecified atom stereocenters. The molecule has 0 N–H and O–H groups in total. The van der Waals surface area contributed by atoms with Gasteiger partial charge in [0.1, 0.15) is 0 Å². The summed E-state index contributed by atoms with van der Waals surface area (Å²) in [6.07, 6.45) is 3.82. The zero-order valence-corrected chi connectivity index (χ0v) is 18.4. The first kappa shape index (κ1) is 19.4. The average Bonchev–Trinajstić information content (AvgIpc) is 3.13. The van der Waals surface area contributed by atoms with Crippen molar-refractivity contribution in [2.75, 3.05) is 0 Å². The van der Waals surface area contributed by atoms with Crippen LogP contribution in [0.3, 0.4) is 0 Å². The Labute approximate surface area is 186 Å². The molecule has 1 aromatic heterocycles. The maximum atomic E-state index is 4.83. The molecule has 0 radical (unpaired) electrons. The maximum absolute atomic E-state index is 4.83. The summed E-state index contributed by atoms with van der Waals surface area (Å²) in [7, 11) is 0. The first-order chi connectivity index (χ1) is 15.2. The van der Waals surface area contributed by atoms with Gasteiger partial charge in [-0.2, -0.15) is 0 Å². The van der Waals surface area contributed by atoms with E-state index in [1.165, 1.54) is 31.3 Å². The summed E-state index contributed by atoms with van der Waals surface area (Å²) < 4.78 is 2.54. The number of nitrogens with zero attached hydrogens (tertiary/aromatic N) is 2. The number of thiophene rings is 1. The average molecular weight is 419 g/mol. The van der Waals surface area contributed by atoms with Gasteiger partial charge in [0.25, 0.3) is 0 Å². The Morgan fingerprint density at radius 3 is 1.68 bits per heavy atom.